The van der Waals surface area contributed by atoms with Crippen molar-refractivity contribution in [3.05, 3.63) is 16.1 Å². The summed E-state index contributed by atoms with van der Waals surface area (Å²) < 4.78 is 5.28. The van der Waals surface area contributed by atoms with Gasteiger partial charge in [-0.3, -0.25) is 0 Å². The Balaban J connectivity index is 1.79. The summed E-state index contributed by atoms with van der Waals surface area (Å²) in [7, 11) is 0. The summed E-state index contributed by atoms with van der Waals surface area (Å²) in [6.07, 6.45) is 1.87. The second kappa shape index (κ2) is 6.86. The molecule has 0 unspecified atom stereocenters. The lowest BCUT2D eigenvalue weighted by Gasteiger charge is -2.16. The molecule has 2 amide bonds. The van der Waals surface area contributed by atoms with Crippen LogP contribution < -0.4 is 10.6 Å². The molecule has 0 spiro atoms. The van der Waals surface area contributed by atoms with Crippen LogP contribution in [0.5, 0.6) is 0 Å². The van der Waals surface area contributed by atoms with E-state index in [1.165, 1.54) is 0 Å². The van der Waals surface area contributed by atoms with Gasteiger partial charge < -0.3 is 15.4 Å². The van der Waals surface area contributed by atoms with Gasteiger partial charge in [0, 0.05) is 30.1 Å². The van der Waals surface area contributed by atoms with Crippen molar-refractivity contribution in [3.63, 3.8) is 0 Å². The molecule has 0 radical (unpaired) electrons. The minimum atomic E-state index is -0.119. The van der Waals surface area contributed by atoms with Gasteiger partial charge in [0.05, 0.1) is 12.6 Å². The number of hydrogen-bond donors (Lipinski definition) is 2. The summed E-state index contributed by atoms with van der Waals surface area (Å²) in [5, 5.41) is 8.87. The first-order valence-electron chi connectivity index (χ1n) is 6.73. The third kappa shape index (κ3) is 4.18. The summed E-state index contributed by atoms with van der Waals surface area (Å²) in [5.41, 5.74) is 1.00. The van der Waals surface area contributed by atoms with Gasteiger partial charge in [-0.2, -0.15) is 0 Å². The predicted molar refractivity (Wildman–Crippen MR) is 75.3 cm³/mol. The molecule has 1 aromatic rings. The highest BCUT2D eigenvalue weighted by Gasteiger charge is 2.18. The van der Waals surface area contributed by atoms with E-state index >= 15 is 0 Å². The second-order valence-corrected chi connectivity index (χ2v) is 5.76. The van der Waals surface area contributed by atoms with Crippen molar-refractivity contribution in [1.29, 1.82) is 0 Å². The Morgan fingerprint density at radius 1 is 1.68 bits per heavy atom. The zero-order valence-electron chi connectivity index (χ0n) is 11.4. The van der Waals surface area contributed by atoms with Crippen molar-refractivity contribution in [2.24, 2.45) is 5.92 Å². The summed E-state index contributed by atoms with van der Waals surface area (Å²) in [6.45, 7) is 6.26. The third-order valence-corrected chi connectivity index (χ3v) is 4.30. The number of carbonyl (C=O) groups is 1. The lowest BCUT2D eigenvalue weighted by molar-refractivity contribution is 0.185. The highest BCUT2D eigenvalue weighted by atomic mass is 32.1. The van der Waals surface area contributed by atoms with E-state index in [0.29, 0.717) is 12.5 Å². The van der Waals surface area contributed by atoms with Crippen molar-refractivity contribution >= 4 is 17.4 Å². The number of ether oxygens (including phenoxy) is 1. The normalized spacial score (nSPS) is 20.2. The van der Waals surface area contributed by atoms with Crippen LogP contribution in [0.3, 0.4) is 0 Å². The van der Waals surface area contributed by atoms with Crippen LogP contribution in [0.4, 0.5) is 4.79 Å². The molecule has 19 heavy (non-hydrogen) atoms. The lowest BCUT2D eigenvalue weighted by atomic mass is 10.1. The smallest absolute Gasteiger partial charge is 0.315 e. The molecule has 0 aromatic carbocycles. The van der Waals surface area contributed by atoms with E-state index in [2.05, 4.69) is 15.6 Å². The Hall–Kier alpha value is -1.14. The summed E-state index contributed by atoms with van der Waals surface area (Å²) >= 11 is 1.59. The fourth-order valence-corrected chi connectivity index (χ4v) is 2.99. The molecule has 1 aliphatic heterocycles. The van der Waals surface area contributed by atoms with Crippen LogP contribution in [0, 0.1) is 12.8 Å². The molecule has 0 aliphatic carbocycles. The number of rotatable bonds is 5. The molecule has 1 fully saturated rings. The van der Waals surface area contributed by atoms with E-state index in [1.54, 1.807) is 11.3 Å². The maximum Gasteiger partial charge on any atom is 0.315 e. The van der Waals surface area contributed by atoms with E-state index in [-0.39, 0.29) is 12.1 Å². The molecule has 106 valence electrons. The van der Waals surface area contributed by atoms with Gasteiger partial charge in [0.15, 0.2) is 0 Å². The maximum absolute atomic E-state index is 11.9. The maximum atomic E-state index is 11.9. The Morgan fingerprint density at radius 3 is 3.11 bits per heavy atom. The molecule has 1 saturated heterocycles. The Morgan fingerprint density at radius 2 is 2.53 bits per heavy atom. The quantitative estimate of drug-likeness (QED) is 0.871. The summed E-state index contributed by atoms with van der Waals surface area (Å²) in [4.78, 5) is 16.3. The third-order valence-electron chi connectivity index (χ3n) is 3.22. The van der Waals surface area contributed by atoms with Crippen molar-refractivity contribution in [2.45, 2.75) is 32.7 Å². The number of urea groups is 1. The van der Waals surface area contributed by atoms with E-state index in [1.807, 2.05) is 19.2 Å². The van der Waals surface area contributed by atoms with Crippen LogP contribution in [-0.4, -0.2) is 30.8 Å². The van der Waals surface area contributed by atoms with Crippen molar-refractivity contribution in [1.82, 2.24) is 15.6 Å². The molecule has 0 bridgehead atoms. The number of hydrogen-bond acceptors (Lipinski definition) is 4. The Kier molecular flexibility index (Phi) is 5.15. The number of aryl methyl sites for hydroxylation is 1. The van der Waals surface area contributed by atoms with Gasteiger partial charge in [-0.15, -0.1) is 11.3 Å². The largest absolute Gasteiger partial charge is 0.381 e. The van der Waals surface area contributed by atoms with Crippen LogP contribution in [-0.2, 0) is 4.74 Å². The molecule has 2 atom stereocenters. The van der Waals surface area contributed by atoms with Gasteiger partial charge in [0.1, 0.15) is 5.01 Å². The predicted octanol–water partition coefficient (Wildman–Crippen LogP) is 2.24. The summed E-state index contributed by atoms with van der Waals surface area (Å²) in [5.74, 6) is 0.452. The number of carbonyl (C=O) groups excluding carboxylic acids is 1. The summed E-state index contributed by atoms with van der Waals surface area (Å²) in [6, 6.07) is -0.120. The van der Waals surface area contributed by atoms with Crippen LogP contribution in [0.25, 0.3) is 0 Å². The van der Waals surface area contributed by atoms with Gasteiger partial charge in [-0.25, -0.2) is 9.78 Å². The second-order valence-electron chi connectivity index (χ2n) is 4.87. The zero-order chi connectivity index (χ0) is 13.7. The monoisotopic (exact) mass is 283 g/mol. The van der Waals surface area contributed by atoms with Crippen LogP contribution in [0.1, 0.15) is 36.5 Å². The first-order valence-corrected chi connectivity index (χ1v) is 7.61. The van der Waals surface area contributed by atoms with Crippen LogP contribution in [0.2, 0.25) is 0 Å². The molecule has 2 heterocycles. The van der Waals surface area contributed by atoms with Gasteiger partial charge in [-0.05, 0) is 19.8 Å². The van der Waals surface area contributed by atoms with E-state index in [4.69, 9.17) is 4.74 Å². The standard InChI is InChI=1S/C13H21N3O2S/c1-3-11(12-15-9(2)8-19-12)16-13(17)14-6-10-4-5-18-7-10/h8,10-11H,3-7H2,1-2H3,(H2,14,16,17)/t10-,11-/m1/s1. The molecule has 1 aliphatic rings. The van der Waals surface area contributed by atoms with Gasteiger partial charge in [-0.1, -0.05) is 6.92 Å². The first kappa shape index (κ1) is 14.3. The number of nitrogens with zero attached hydrogens (tertiary/aromatic N) is 1. The lowest BCUT2D eigenvalue weighted by Crippen LogP contribution is -2.40. The van der Waals surface area contributed by atoms with Crippen molar-refractivity contribution in [3.8, 4) is 0 Å². The SMILES string of the molecule is CC[C@@H](NC(=O)NC[C@H]1CCOC1)c1nc(C)cs1. The van der Waals surface area contributed by atoms with Crippen molar-refractivity contribution in [2.75, 3.05) is 19.8 Å². The average molecular weight is 283 g/mol. The minimum Gasteiger partial charge on any atom is -0.381 e. The minimum absolute atomic E-state index is 0.00136. The van der Waals surface area contributed by atoms with E-state index in [9.17, 15) is 4.79 Å². The topological polar surface area (TPSA) is 63.2 Å². The van der Waals surface area contributed by atoms with E-state index in [0.717, 1.165) is 36.8 Å². The zero-order valence-corrected chi connectivity index (χ0v) is 12.3. The average Bonchev–Trinajstić information content (AvgIpc) is 3.04. The molecular weight excluding hydrogens is 262 g/mol. The highest BCUT2D eigenvalue weighted by molar-refractivity contribution is 7.09. The van der Waals surface area contributed by atoms with Crippen molar-refractivity contribution < 1.29 is 9.53 Å². The molecule has 6 heteroatoms. The highest BCUT2D eigenvalue weighted by Crippen LogP contribution is 2.20. The van der Waals surface area contributed by atoms with Crippen LogP contribution >= 0.6 is 11.3 Å². The molecule has 2 rings (SSSR count). The molecule has 2 N–H and O–H groups in total. The number of aromatic nitrogens is 1. The van der Waals surface area contributed by atoms with Crippen LogP contribution in [0.15, 0.2) is 5.38 Å². The molecule has 1 aromatic heterocycles. The Bertz CT molecular complexity index is 416. The molecule has 0 saturated carbocycles. The van der Waals surface area contributed by atoms with Gasteiger partial charge in [0.25, 0.3) is 0 Å². The fraction of sp³-hybridized carbons (Fsp3) is 0.692. The molecular formula is C13H21N3O2S. The first-order chi connectivity index (χ1) is 9.19. The molecule has 5 nitrogen and oxygen atoms in total. The number of nitrogens with one attached hydrogen (secondary N) is 2. The Labute approximate surface area is 117 Å². The fourth-order valence-electron chi connectivity index (χ4n) is 2.06. The van der Waals surface area contributed by atoms with Gasteiger partial charge in [0.2, 0.25) is 0 Å². The van der Waals surface area contributed by atoms with Gasteiger partial charge >= 0.3 is 6.03 Å². The van der Waals surface area contributed by atoms with E-state index < -0.39 is 0 Å². The number of thiazole rings is 1. The number of amides is 2.